The van der Waals surface area contributed by atoms with E-state index in [4.69, 9.17) is 10.2 Å². The van der Waals surface area contributed by atoms with Crippen LogP contribution in [-0.4, -0.2) is 52.8 Å². The Labute approximate surface area is 167 Å². The Morgan fingerprint density at radius 3 is 2.21 bits per heavy atom. The zero-order valence-electron chi connectivity index (χ0n) is 17.3. The minimum absolute atomic E-state index is 0.0636. The van der Waals surface area contributed by atoms with Crippen LogP contribution in [0.2, 0.25) is 0 Å². The molecule has 0 aromatic heterocycles. The average Bonchev–Trinajstić information content (AvgIpc) is 2.69. The number of carboxylic acid groups (broad SMARTS) is 2. The lowest BCUT2D eigenvalue weighted by Gasteiger charge is -2.43. The summed E-state index contributed by atoms with van der Waals surface area (Å²) in [6, 6.07) is 8.49. The lowest BCUT2D eigenvalue weighted by atomic mass is 9.67. The van der Waals surface area contributed by atoms with E-state index in [1.807, 2.05) is 0 Å². The topological polar surface area (TPSA) is 98.1 Å². The monoisotopic (exact) mass is 391 g/mol. The fourth-order valence-corrected chi connectivity index (χ4v) is 3.70. The minimum Gasteiger partial charge on any atom is -0.478 e. The van der Waals surface area contributed by atoms with E-state index >= 15 is 0 Å². The summed E-state index contributed by atoms with van der Waals surface area (Å²) in [5.41, 5.74) is 1.74. The molecule has 0 spiro atoms. The summed E-state index contributed by atoms with van der Waals surface area (Å²) >= 11 is 0. The van der Waals surface area contributed by atoms with Gasteiger partial charge < -0.3 is 20.2 Å². The Bertz CT molecular complexity index is 680. The molecule has 3 N–H and O–H groups in total. The summed E-state index contributed by atoms with van der Waals surface area (Å²) in [5.74, 6) is -2.51. The lowest BCUT2D eigenvalue weighted by Crippen LogP contribution is -2.42. The fraction of sp³-hybridized carbons (Fsp3) is 0.545. The number of aliphatic hydroxyl groups is 1. The van der Waals surface area contributed by atoms with Gasteiger partial charge in [0.1, 0.15) is 0 Å². The molecule has 0 bridgehead atoms. The zero-order valence-corrected chi connectivity index (χ0v) is 17.3. The van der Waals surface area contributed by atoms with Gasteiger partial charge in [-0.2, -0.15) is 0 Å². The number of fused-ring (bicyclic) bond motifs is 1. The largest absolute Gasteiger partial charge is 0.478 e. The number of aliphatic carboxylic acids is 2. The number of hydrogen-bond acceptors (Lipinski definition) is 4. The lowest BCUT2D eigenvalue weighted by molar-refractivity contribution is -0.134. The van der Waals surface area contributed by atoms with Gasteiger partial charge in [-0.3, -0.25) is 0 Å². The van der Waals surface area contributed by atoms with Crippen LogP contribution in [0.25, 0.3) is 0 Å². The van der Waals surface area contributed by atoms with Gasteiger partial charge in [0, 0.05) is 12.2 Å². The van der Waals surface area contributed by atoms with E-state index in [-0.39, 0.29) is 5.41 Å². The van der Waals surface area contributed by atoms with Crippen LogP contribution in [0.4, 0.5) is 0 Å². The van der Waals surface area contributed by atoms with E-state index < -0.39 is 17.5 Å². The third-order valence-electron chi connectivity index (χ3n) is 5.34. The molecular weight excluding hydrogens is 358 g/mol. The number of nitrogens with zero attached hydrogens (tertiary/aromatic N) is 1. The van der Waals surface area contributed by atoms with Crippen LogP contribution < -0.4 is 0 Å². The first kappa shape index (κ1) is 23.9. The molecule has 1 aliphatic rings. The Hall–Kier alpha value is -2.18. The van der Waals surface area contributed by atoms with Gasteiger partial charge in [-0.1, -0.05) is 38.1 Å². The van der Waals surface area contributed by atoms with Crippen molar-refractivity contribution in [2.24, 2.45) is 5.41 Å². The summed E-state index contributed by atoms with van der Waals surface area (Å²) in [6.45, 7) is 5.48. The Morgan fingerprint density at radius 1 is 1.11 bits per heavy atom. The smallest absolute Gasteiger partial charge is 0.328 e. The molecule has 28 heavy (non-hydrogen) atoms. The summed E-state index contributed by atoms with van der Waals surface area (Å²) in [5, 5.41) is 27.2. The zero-order chi connectivity index (χ0) is 21.4. The number of rotatable bonds is 6. The highest BCUT2D eigenvalue weighted by Crippen LogP contribution is 2.49. The molecule has 6 nitrogen and oxygen atoms in total. The van der Waals surface area contributed by atoms with Crippen LogP contribution in [0.5, 0.6) is 0 Å². The number of carboxylic acids is 2. The van der Waals surface area contributed by atoms with Gasteiger partial charge in [0.05, 0.1) is 5.60 Å². The molecule has 6 heteroatoms. The maximum atomic E-state index is 11.5. The molecule has 156 valence electrons. The van der Waals surface area contributed by atoms with Crippen LogP contribution in [0, 0.1) is 5.41 Å². The Balaban J connectivity index is 0.000000416. The van der Waals surface area contributed by atoms with E-state index in [0.717, 1.165) is 32.2 Å². The van der Waals surface area contributed by atoms with Crippen molar-refractivity contribution in [2.75, 3.05) is 20.6 Å². The fourth-order valence-electron chi connectivity index (χ4n) is 3.70. The molecule has 1 atom stereocenters. The number of hydrogen-bond donors (Lipinski definition) is 3. The molecule has 1 aliphatic carbocycles. The predicted octanol–water partition coefficient (Wildman–Crippen LogP) is 3.29. The summed E-state index contributed by atoms with van der Waals surface area (Å²) < 4.78 is 0. The van der Waals surface area contributed by atoms with Crippen molar-refractivity contribution in [3.63, 3.8) is 0 Å². The van der Waals surface area contributed by atoms with Gasteiger partial charge >= 0.3 is 11.9 Å². The maximum Gasteiger partial charge on any atom is 0.328 e. The average molecular weight is 392 g/mol. The number of aryl methyl sites for hydroxylation is 1. The van der Waals surface area contributed by atoms with Crippen molar-refractivity contribution in [1.29, 1.82) is 0 Å². The third kappa shape index (κ3) is 6.77. The van der Waals surface area contributed by atoms with Gasteiger partial charge in [0.2, 0.25) is 0 Å². The van der Waals surface area contributed by atoms with E-state index in [0.29, 0.717) is 12.2 Å². The van der Waals surface area contributed by atoms with Crippen molar-refractivity contribution >= 4 is 11.9 Å². The first-order valence-electron chi connectivity index (χ1n) is 9.59. The van der Waals surface area contributed by atoms with Crippen molar-refractivity contribution in [3.8, 4) is 0 Å². The van der Waals surface area contributed by atoms with Gasteiger partial charge in [0.15, 0.2) is 0 Å². The van der Waals surface area contributed by atoms with Gasteiger partial charge in [-0.05, 0) is 69.3 Å². The maximum absolute atomic E-state index is 11.5. The van der Waals surface area contributed by atoms with Crippen molar-refractivity contribution < 1.29 is 24.9 Å². The van der Waals surface area contributed by atoms with E-state index in [9.17, 15) is 14.7 Å². The van der Waals surface area contributed by atoms with E-state index in [1.54, 1.807) is 0 Å². The molecule has 0 aliphatic heterocycles. The first-order chi connectivity index (χ1) is 13.0. The second-order valence-corrected chi connectivity index (χ2v) is 8.17. The normalized spacial score (nSPS) is 20.8. The Morgan fingerprint density at radius 2 is 1.68 bits per heavy atom. The van der Waals surface area contributed by atoms with E-state index in [1.165, 1.54) is 17.5 Å². The molecule has 1 aromatic carbocycles. The van der Waals surface area contributed by atoms with Crippen molar-refractivity contribution in [1.82, 2.24) is 4.90 Å². The van der Waals surface area contributed by atoms with Gasteiger partial charge in [0.25, 0.3) is 0 Å². The molecule has 0 radical (unpaired) electrons. The van der Waals surface area contributed by atoms with Crippen molar-refractivity contribution in [2.45, 2.75) is 51.6 Å². The van der Waals surface area contributed by atoms with Crippen LogP contribution in [0.3, 0.4) is 0 Å². The first-order valence-corrected chi connectivity index (χ1v) is 9.59. The molecule has 1 unspecified atom stereocenters. The van der Waals surface area contributed by atoms with Crippen LogP contribution in [-0.2, 0) is 21.6 Å². The predicted molar refractivity (Wildman–Crippen MR) is 109 cm³/mol. The molecule has 1 aromatic rings. The molecule has 0 heterocycles. The Kier molecular flexibility index (Phi) is 8.85. The van der Waals surface area contributed by atoms with E-state index in [2.05, 4.69) is 57.1 Å². The van der Waals surface area contributed by atoms with Crippen LogP contribution in [0.15, 0.2) is 36.4 Å². The van der Waals surface area contributed by atoms with Crippen molar-refractivity contribution in [3.05, 3.63) is 47.5 Å². The molecule has 2 rings (SSSR count). The summed E-state index contributed by atoms with van der Waals surface area (Å²) in [7, 11) is 4.19. The quantitative estimate of drug-likeness (QED) is 0.508. The SMILES string of the molecule is CN(C)CCCC1(O)c2ccccc2CCCC1(C)C.O=C(O)/C=C\C(=O)O. The summed E-state index contributed by atoms with van der Waals surface area (Å²) in [6.07, 6.45) is 6.33. The van der Waals surface area contributed by atoms with Crippen LogP contribution >= 0.6 is 0 Å². The van der Waals surface area contributed by atoms with Gasteiger partial charge in [-0.15, -0.1) is 0 Å². The highest BCUT2D eigenvalue weighted by Gasteiger charge is 2.46. The molecule has 0 saturated carbocycles. The standard InChI is InChI=1S/C18H29NO.C4H4O4/c1-17(2)12-7-10-15-9-5-6-11-16(15)18(17,20)13-8-14-19(3)4;5-3(6)1-2-4(7)8/h5-6,9,11,20H,7-8,10,12-14H2,1-4H3;1-2H,(H,5,6)(H,7,8)/b;2-1-. The molecule has 0 fully saturated rings. The minimum atomic E-state index is -1.26. The molecule has 0 saturated heterocycles. The highest BCUT2D eigenvalue weighted by atomic mass is 16.4. The number of benzene rings is 1. The van der Waals surface area contributed by atoms with Crippen LogP contribution in [0.1, 0.15) is 50.7 Å². The highest BCUT2D eigenvalue weighted by molar-refractivity contribution is 5.89. The molecule has 0 amide bonds. The molecular formula is C22H33NO5. The second kappa shape index (κ2) is 10.4. The summed E-state index contributed by atoms with van der Waals surface area (Å²) in [4.78, 5) is 21.3. The number of carbonyl (C=O) groups is 2. The third-order valence-corrected chi connectivity index (χ3v) is 5.34. The van der Waals surface area contributed by atoms with Gasteiger partial charge in [-0.25, -0.2) is 9.59 Å². The second-order valence-electron chi connectivity index (χ2n) is 8.17.